The third kappa shape index (κ3) is 4.18. The largest absolute Gasteiger partial charge is 0.465 e. The molecule has 0 aromatic rings. The first-order valence-corrected chi connectivity index (χ1v) is 5.40. The molecule has 0 radical (unpaired) electrons. The van der Waals surface area contributed by atoms with E-state index in [1.165, 1.54) is 0 Å². The van der Waals surface area contributed by atoms with Crippen LogP contribution in [0.25, 0.3) is 0 Å². The maximum atomic E-state index is 11.6. The van der Waals surface area contributed by atoms with E-state index in [4.69, 9.17) is 15.2 Å². The lowest BCUT2D eigenvalue weighted by Crippen LogP contribution is -2.35. The Balaban J connectivity index is 2.24. The van der Waals surface area contributed by atoms with Gasteiger partial charge in [-0.05, 0) is 11.8 Å². The van der Waals surface area contributed by atoms with E-state index in [1.54, 1.807) is 0 Å². The number of nitrogens with two attached hydrogens (primary N) is 1. The van der Waals surface area contributed by atoms with Crippen LogP contribution < -0.4 is 5.73 Å². The maximum Gasteiger partial charge on any atom is 0.312 e. The van der Waals surface area contributed by atoms with Crippen LogP contribution in [-0.4, -0.2) is 31.8 Å². The van der Waals surface area contributed by atoms with Crippen molar-refractivity contribution in [2.24, 2.45) is 17.1 Å². The molecular weight excluding hydrogens is 194 g/mol. The number of ether oxygens (including phenoxy) is 2. The van der Waals surface area contributed by atoms with Gasteiger partial charge in [0.2, 0.25) is 0 Å². The van der Waals surface area contributed by atoms with Crippen LogP contribution in [0, 0.1) is 11.3 Å². The molecule has 0 bridgehead atoms. The van der Waals surface area contributed by atoms with Crippen molar-refractivity contribution in [3.63, 3.8) is 0 Å². The lowest BCUT2D eigenvalue weighted by atomic mass is 9.93. The van der Waals surface area contributed by atoms with E-state index in [-0.39, 0.29) is 23.3 Å². The Morgan fingerprint density at radius 1 is 1.47 bits per heavy atom. The van der Waals surface area contributed by atoms with Crippen molar-refractivity contribution >= 4 is 5.97 Å². The van der Waals surface area contributed by atoms with E-state index in [0.717, 1.165) is 6.42 Å². The van der Waals surface area contributed by atoms with Gasteiger partial charge in [0.15, 0.2) is 0 Å². The van der Waals surface area contributed by atoms with Gasteiger partial charge in [0.1, 0.15) is 0 Å². The standard InChI is InChI=1S/C11H21NO3/c1-11(2,3)4-5-15-10(13)8-6-14-7-9(8)12/h8-9H,4-7,12H2,1-3H3. The Labute approximate surface area is 91.1 Å². The van der Waals surface area contributed by atoms with Gasteiger partial charge >= 0.3 is 5.97 Å². The summed E-state index contributed by atoms with van der Waals surface area (Å²) in [4.78, 5) is 11.6. The summed E-state index contributed by atoms with van der Waals surface area (Å²) in [6, 6.07) is -0.202. The number of hydrogen-bond acceptors (Lipinski definition) is 4. The topological polar surface area (TPSA) is 61.5 Å². The first-order chi connectivity index (χ1) is 6.90. The SMILES string of the molecule is CC(C)(C)CCOC(=O)C1COCC1N. The zero-order valence-corrected chi connectivity index (χ0v) is 9.79. The molecule has 2 N–H and O–H groups in total. The molecule has 1 aliphatic rings. The molecule has 1 heterocycles. The lowest BCUT2D eigenvalue weighted by Gasteiger charge is -2.19. The van der Waals surface area contributed by atoms with Crippen molar-refractivity contribution in [3.05, 3.63) is 0 Å². The molecule has 0 amide bonds. The summed E-state index contributed by atoms with van der Waals surface area (Å²) in [5.74, 6) is -0.491. The molecule has 2 unspecified atom stereocenters. The second-order valence-electron chi connectivity index (χ2n) is 5.29. The smallest absolute Gasteiger partial charge is 0.312 e. The molecule has 1 rings (SSSR count). The fourth-order valence-electron chi connectivity index (χ4n) is 1.38. The van der Waals surface area contributed by atoms with Crippen molar-refractivity contribution in [2.45, 2.75) is 33.2 Å². The molecule has 0 aromatic heterocycles. The lowest BCUT2D eigenvalue weighted by molar-refractivity contribution is -0.149. The van der Waals surface area contributed by atoms with Gasteiger partial charge in [0.05, 0.1) is 25.7 Å². The van der Waals surface area contributed by atoms with Gasteiger partial charge in [-0.2, -0.15) is 0 Å². The zero-order valence-electron chi connectivity index (χ0n) is 9.79. The summed E-state index contributed by atoms with van der Waals surface area (Å²) in [6.07, 6.45) is 0.863. The zero-order chi connectivity index (χ0) is 11.5. The summed E-state index contributed by atoms with van der Waals surface area (Å²) in [7, 11) is 0. The van der Waals surface area contributed by atoms with Gasteiger partial charge in [-0.25, -0.2) is 0 Å². The molecule has 88 valence electrons. The average molecular weight is 215 g/mol. The Morgan fingerprint density at radius 2 is 2.13 bits per heavy atom. The monoisotopic (exact) mass is 215 g/mol. The van der Waals surface area contributed by atoms with Crippen LogP contribution in [0.15, 0.2) is 0 Å². The van der Waals surface area contributed by atoms with Gasteiger partial charge in [0, 0.05) is 6.04 Å². The van der Waals surface area contributed by atoms with Crippen LogP contribution in [0.4, 0.5) is 0 Å². The van der Waals surface area contributed by atoms with Crippen molar-refractivity contribution < 1.29 is 14.3 Å². The minimum atomic E-state index is -0.273. The molecule has 15 heavy (non-hydrogen) atoms. The highest BCUT2D eigenvalue weighted by Crippen LogP contribution is 2.19. The van der Waals surface area contributed by atoms with Gasteiger partial charge in [-0.15, -0.1) is 0 Å². The average Bonchev–Trinajstić information content (AvgIpc) is 2.48. The predicted molar refractivity (Wildman–Crippen MR) is 57.3 cm³/mol. The van der Waals surface area contributed by atoms with Crippen molar-refractivity contribution in [1.29, 1.82) is 0 Å². The molecule has 0 aromatic carbocycles. The van der Waals surface area contributed by atoms with Crippen LogP contribution in [0.5, 0.6) is 0 Å². The van der Waals surface area contributed by atoms with Gasteiger partial charge in [-0.1, -0.05) is 20.8 Å². The van der Waals surface area contributed by atoms with Crippen molar-refractivity contribution in [1.82, 2.24) is 0 Å². The number of carbonyl (C=O) groups excluding carboxylic acids is 1. The number of carbonyl (C=O) groups is 1. The first kappa shape index (κ1) is 12.5. The minimum Gasteiger partial charge on any atom is -0.465 e. The highest BCUT2D eigenvalue weighted by atomic mass is 16.5. The molecule has 0 spiro atoms. The van der Waals surface area contributed by atoms with E-state index in [9.17, 15) is 4.79 Å². The molecule has 4 heteroatoms. The fraction of sp³-hybridized carbons (Fsp3) is 0.909. The molecule has 1 fully saturated rings. The van der Waals surface area contributed by atoms with E-state index in [1.807, 2.05) is 0 Å². The summed E-state index contributed by atoms with van der Waals surface area (Å²) in [5, 5.41) is 0. The molecule has 4 nitrogen and oxygen atoms in total. The van der Waals surface area contributed by atoms with Gasteiger partial charge < -0.3 is 15.2 Å². The minimum absolute atomic E-state index is 0.189. The van der Waals surface area contributed by atoms with Crippen LogP contribution >= 0.6 is 0 Å². The maximum absolute atomic E-state index is 11.6. The van der Waals surface area contributed by atoms with Gasteiger partial charge in [0.25, 0.3) is 0 Å². The quantitative estimate of drug-likeness (QED) is 0.712. The fourth-order valence-corrected chi connectivity index (χ4v) is 1.38. The molecule has 2 atom stereocenters. The molecule has 1 saturated heterocycles. The summed E-state index contributed by atoms with van der Waals surface area (Å²) in [5.41, 5.74) is 5.90. The summed E-state index contributed by atoms with van der Waals surface area (Å²) in [6.45, 7) is 7.67. The highest BCUT2D eigenvalue weighted by Gasteiger charge is 2.32. The number of rotatable bonds is 3. The van der Waals surface area contributed by atoms with Crippen LogP contribution in [-0.2, 0) is 14.3 Å². The van der Waals surface area contributed by atoms with Crippen molar-refractivity contribution in [3.8, 4) is 0 Å². The van der Waals surface area contributed by atoms with Crippen LogP contribution in [0.3, 0.4) is 0 Å². The van der Waals surface area contributed by atoms with E-state index in [2.05, 4.69) is 20.8 Å². The summed E-state index contributed by atoms with van der Waals surface area (Å²) < 4.78 is 10.3. The second-order valence-corrected chi connectivity index (χ2v) is 5.29. The van der Waals surface area contributed by atoms with E-state index in [0.29, 0.717) is 19.8 Å². The van der Waals surface area contributed by atoms with Gasteiger partial charge in [-0.3, -0.25) is 4.79 Å². The van der Waals surface area contributed by atoms with Crippen LogP contribution in [0.1, 0.15) is 27.2 Å². The molecule has 0 aliphatic carbocycles. The third-order valence-corrected chi connectivity index (χ3v) is 2.52. The molecular formula is C11H21NO3. The predicted octanol–water partition coefficient (Wildman–Crippen LogP) is 0.940. The first-order valence-electron chi connectivity index (χ1n) is 5.40. The van der Waals surface area contributed by atoms with E-state index >= 15 is 0 Å². The number of hydrogen-bond donors (Lipinski definition) is 1. The Kier molecular flexibility index (Phi) is 4.11. The Hall–Kier alpha value is -0.610. The Bertz CT molecular complexity index is 222. The number of esters is 1. The van der Waals surface area contributed by atoms with E-state index < -0.39 is 0 Å². The second kappa shape index (κ2) is 4.94. The normalized spacial score (nSPS) is 26.7. The summed E-state index contributed by atoms with van der Waals surface area (Å²) >= 11 is 0. The molecule has 1 aliphatic heterocycles. The van der Waals surface area contributed by atoms with Crippen molar-refractivity contribution in [2.75, 3.05) is 19.8 Å². The van der Waals surface area contributed by atoms with Crippen LogP contribution in [0.2, 0.25) is 0 Å². The highest BCUT2D eigenvalue weighted by molar-refractivity contribution is 5.73. The third-order valence-electron chi connectivity index (χ3n) is 2.52. The Morgan fingerprint density at radius 3 is 2.60 bits per heavy atom. The molecule has 0 saturated carbocycles.